The van der Waals surface area contributed by atoms with Gasteiger partial charge in [-0.25, -0.2) is 0 Å². The molecule has 12 heavy (non-hydrogen) atoms. The fourth-order valence-corrected chi connectivity index (χ4v) is 3.28. The van der Waals surface area contributed by atoms with Crippen molar-refractivity contribution in [2.24, 2.45) is 11.3 Å². The monoisotopic (exact) mass is 167 g/mol. The number of rotatable bonds is 0. The van der Waals surface area contributed by atoms with Crippen LogP contribution in [-0.2, 0) is 0 Å². The molecule has 0 N–H and O–H groups in total. The molecule has 0 amide bonds. The van der Waals surface area contributed by atoms with Gasteiger partial charge in [0.15, 0.2) is 0 Å². The largest absolute Gasteiger partial charge is 0.303 e. The van der Waals surface area contributed by atoms with Crippen molar-refractivity contribution in [2.75, 3.05) is 13.6 Å². The smallest absolute Gasteiger partial charge is 0.00951 e. The number of hydrogen-bond acceptors (Lipinski definition) is 1. The average Bonchev–Trinajstić information content (AvgIpc) is 2.28. The van der Waals surface area contributed by atoms with E-state index in [1.807, 2.05) is 0 Å². The predicted molar refractivity (Wildman–Crippen MR) is 52.2 cm³/mol. The lowest BCUT2D eigenvalue weighted by Crippen LogP contribution is -2.36. The molecular weight excluding hydrogens is 146 g/mol. The quantitative estimate of drug-likeness (QED) is 0.536. The standard InChI is InChI=1S/C11H21N/c1-11(2)7-9-4-5-10(6-9)12(3)8-11/h9-10H,4-8H2,1-3H3. The summed E-state index contributed by atoms with van der Waals surface area (Å²) >= 11 is 0. The third-order valence-corrected chi connectivity index (χ3v) is 3.66. The zero-order chi connectivity index (χ0) is 8.77. The molecule has 2 fully saturated rings. The first kappa shape index (κ1) is 8.55. The summed E-state index contributed by atoms with van der Waals surface area (Å²) in [5.41, 5.74) is 0.564. The van der Waals surface area contributed by atoms with Crippen LogP contribution in [0, 0.1) is 11.3 Å². The average molecular weight is 167 g/mol. The highest BCUT2D eigenvalue weighted by Gasteiger charge is 2.37. The topological polar surface area (TPSA) is 3.24 Å². The van der Waals surface area contributed by atoms with Crippen LogP contribution in [0.3, 0.4) is 0 Å². The summed E-state index contributed by atoms with van der Waals surface area (Å²) < 4.78 is 0. The Hall–Kier alpha value is -0.0400. The summed E-state index contributed by atoms with van der Waals surface area (Å²) in [5.74, 6) is 1.04. The van der Waals surface area contributed by atoms with Crippen molar-refractivity contribution in [3.63, 3.8) is 0 Å². The van der Waals surface area contributed by atoms with Crippen LogP contribution in [-0.4, -0.2) is 24.5 Å². The van der Waals surface area contributed by atoms with Crippen LogP contribution in [0.1, 0.15) is 39.5 Å². The summed E-state index contributed by atoms with van der Waals surface area (Å²) in [5, 5.41) is 0. The molecule has 1 heterocycles. The van der Waals surface area contributed by atoms with Gasteiger partial charge in [-0.15, -0.1) is 0 Å². The van der Waals surface area contributed by atoms with Crippen molar-refractivity contribution in [1.29, 1.82) is 0 Å². The van der Waals surface area contributed by atoms with E-state index in [0.717, 1.165) is 12.0 Å². The van der Waals surface area contributed by atoms with E-state index in [2.05, 4.69) is 25.8 Å². The molecule has 0 aromatic carbocycles. The van der Waals surface area contributed by atoms with Gasteiger partial charge in [-0.3, -0.25) is 0 Å². The second-order valence-corrected chi connectivity index (χ2v) is 5.62. The van der Waals surface area contributed by atoms with Gasteiger partial charge in [-0.1, -0.05) is 13.8 Å². The van der Waals surface area contributed by atoms with E-state index >= 15 is 0 Å². The molecule has 0 aromatic heterocycles. The number of hydrogen-bond donors (Lipinski definition) is 0. The molecule has 1 aliphatic carbocycles. The number of likely N-dealkylation sites (tertiary alicyclic amines) is 1. The third kappa shape index (κ3) is 1.52. The molecule has 1 aliphatic heterocycles. The highest BCUT2D eigenvalue weighted by atomic mass is 15.1. The molecular formula is C11H21N. The Morgan fingerprint density at radius 2 is 2.00 bits per heavy atom. The van der Waals surface area contributed by atoms with Crippen LogP contribution in [0.25, 0.3) is 0 Å². The van der Waals surface area contributed by atoms with Gasteiger partial charge in [0.25, 0.3) is 0 Å². The van der Waals surface area contributed by atoms with E-state index in [9.17, 15) is 0 Å². The molecule has 70 valence electrons. The number of fused-ring (bicyclic) bond motifs is 2. The van der Waals surface area contributed by atoms with Crippen LogP contribution in [0.5, 0.6) is 0 Å². The van der Waals surface area contributed by atoms with Crippen molar-refractivity contribution in [2.45, 2.75) is 45.6 Å². The Bertz CT molecular complexity index is 170. The van der Waals surface area contributed by atoms with Gasteiger partial charge < -0.3 is 4.90 Å². The molecule has 0 radical (unpaired) electrons. The minimum Gasteiger partial charge on any atom is -0.303 e. The zero-order valence-corrected chi connectivity index (χ0v) is 8.64. The molecule has 2 unspecified atom stereocenters. The van der Waals surface area contributed by atoms with E-state index in [0.29, 0.717) is 5.41 Å². The minimum absolute atomic E-state index is 0.564. The number of nitrogens with zero attached hydrogens (tertiary/aromatic N) is 1. The lowest BCUT2D eigenvalue weighted by Gasteiger charge is -2.32. The van der Waals surface area contributed by atoms with Crippen LogP contribution in [0.4, 0.5) is 0 Å². The van der Waals surface area contributed by atoms with Gasteiger partial charge in [-0.05, 0) is 44.1 Å². The van der Waals surface area contributed by atoms with Crippen molar-refractivity contribution in [3.8, 4) is 0 Å². The van der Waals surface area contributed by atoms with Gasteiger partial charge in [0, 0.05) is 12.6 Å². The summed E-state index contributed by atoms with van der Waals surface area (Å²) in [4.78, 5) is 2.59. The van der Waals surface area contributed by atoms with Gasteiger partial charge in [0.2, 0.25) is 0 Å². The molecule has 0 aromatic rings. The lowest BCUT2D eigenvalue weighted by atomic mass is 9.82. The third-order valence-electron chi connectivity index (χ3n) is 3.66. The van der Waals surface area contributed by atoms with Crippen LogP contribution < -0.4 is 0 Å². The maximum atomic E-state index is 2.59. The Balaban J connectivity index is 2.13. The Labute approximate surface area is 76.1 Å². The van der Waals surface area contributed by atoms with Gasteiger partial charge >= 0.3 is 0 Å². The van der Waals surface area contributed by atoms with Crippen molar-refractivity contribution in [3.05, 3.63) is 0 Å². The molecule has 2 atom stereocenters. The molecule has 1 nitrogen and oxygen atoms in total. The van der Waals surface area contributed by atoms with E-state index < -0.39 is 0 Å². The second kappa shape index (κ2) is 2.73. The van der Waals surface area contributed by atoms with Gasteiger partial charge in [0.1, 0.15) is 0 Å². The van der Waals surface area contributed by atoms with E-state index in [1.54, 1.807) is 0 Å². The second-order valence-electron chi connectivity index (χ2n) is 5.62. The summed E-state index contributed by atoms with van der Waals surface area (Å²) in [6.07, 6.45) is 5.86. The fraction of sp³-hybridized carbons (Fsp3) is 1.00. The van der Waals surface area contributed by atoms with Crippen LogP contribution in [0.15, 0.2) is 0 Å². The molecule has 1 heteroatoms. The lowest BCUT2D eigenvalue weighted by molar-refractivity contribution is 0.164. The fourth-order valence-electron chi connectivity index (χ4n) is 3.28. The van der Waals surface area contributed by atoms with Gasteiger partial charge in [0.05, 0.1) is 0 Å². The molecule has 0 spiro atoms. The Morgan fingerprint density at radius 3 is 2.75 bits per heavy atom. The summed E-state index contributed by atoms with van der Waals surface area (Å²) in [6.45, 7) is 6.14. The predicted octanol–water partition coefficient (Wildman–Crippen LogP) is 2.52. The normalized spacial score (nSPS) is 41.2. The first-order valence-electron chi connectivity index (χ1n) is 5.27. The molecule has 2 rings (SSSR count). The SMILES string of the molecule is CN1CC(C)(C)CC2CCC1C2. The molecule has 2 aliphatic rings. The van der Waals surface area contributed by atoms with E-state index in [-0.39, 0.29) is 0 Å². The molecule has 1 saturated heterocycles. The maximum absolute atomic E-state index is 2.59. The highest BCUT2D eigenvalue weighted by molar-refractivity contribution is 4.91. The Morgan fingerprint density at radius 1 is 1.25 bits per heavy atom. The first-order valence-corrected chi connectivity index (χ1v) is 5.27. The molecule has 1 saturated carbocycles. The van der Waals surface area contributed by atoms with Crippen LogP contribution in [0.2, 0.25) is 0 Å². The van der Waals surface area contributed by atoms with Crippen molar-refractivity contribution in [1.82, 2.24) is 4.90 Å². The van der Waals surface area contributed by atoms with Crippen molar-refractivity contribution < 1.29 is 0 Å². The first-order chi connectivity index (χ1) is 5.57. The van der Waals surface area contributed by atoms with E-state index in [4.69, 9.17) is 0 Å². The summed E-state index contributed by atoms with van der Waals surface area (Å²) in [7, 11) is 2.31. The minimum atomic E-state index is 0.564. The van der Waals surface area contributed by atoms with Gasteiger partial charge in [-0.2, -0.15) is 0 Å². The maximum Gasteiger partial charge on any atom is 0.00951 e. The highest BCUT2D eigenvalue weighted by Crippen LogP contribution is 2.41. The molecule has 2 bridgehead atoms. The van der Waals surface area contributed by atoms with Crippen LogP contribution >= 0.6 is 0 Å². The Kier molecular flexibility index (Phi) is 1.95. The summed E-state index contributed by atoms with van der Waals surface area (Å²) in [6, 6.07) is 0.914. The van der Waals surface area contributed by atoms with E-state index in [1.165, 1.54) is 32.2 Å². The van der Waals surface area contributed by atoms with Crippen molar-refractivity contribution >= 4 is 0 Å². The zero-order valence-electron chi connectivity index (χ0n) is 8.64.